The highest BCUT2D eigenvalue weighted by atomic mass is 15.3. The van der Waals surface area contributed by atoms with E-state index in [1.165, 1.54) is 42.4 Å². The molecule has 1 fully saturated rings. The molecule has 0 bridgehead atoms. The molecule has 27 heavy (non-hydrogen) atoms. The monoisotopic (exact) mass is 365 g/mol. The summed E-state index contributed by atoms with van der Waals surface area (Å²) in [6.45, 7) is 15.7. The fraction of sp³-hybridized carbons (Fsp3) is 0.583. The van der Waals surface area contributed by atoms with Crippen molar-refractivity contribution in [3.05, 3.63) is 41.6 Å². The molecule has 1 aromatic carbocycles. The molecule has 4 rings (SSSR count). The number of hydrogen-bond acceptors (Lipinski definition) is 3. The molecule has 1 aromatic heterocycles. The molecule has 146 valence electrons. The number of fused-ring (bicyclic) bond motifs is 1. The normalized spacial score (nSPS) is 19.9. The van der Waals surface area contributed by atoms with Crippen molar-refractivity contribution in [2.45, 2.75) is 78.1 Å². The first kappa shape index (κ1) is 19.9. The molecule has 2 aliphatic rings. The van der Waals surface area contributed by atoms with Crippen LogP contribution in [-0.4, -0.2) is 23.1 Å². The van der Waals surface area contributed by atoms with Crippen molar-refractivity contribution < 1.29 is 0 Å². The summed E-state index contributed by atoms with van der Waals surface area (Å²) in [5.41, 5.74) is 5.73. The molecule has 3 heteroatoms. The van der Waals surface area contributed by atoms with Crippen LogP contribution in [0.5, 0.6) is 0 Å². The maximum absolute atomic E-state index is 4.87. The number of nitrogens with zero attached hydrogens (tertiary/aromatic N) is 3. The number of anilines is 1. The fourth-order valence-electron chi connectivity index (χ4n) is 4.33. The Kier molecular flexibility index (Phi) is 5.60. The predicted octanol–water partition coefficient (Wildman–Crippen LogP) is 6.12. The van der Waals surface area contributed by atoms with Crippen LogP contribution in [-0.2, 0) is 10.8 Å². The van der Waals surface area contributed by atoms with Crippen LogP contribution in [0.3, 0.4) is 0 Å². The maximum atomic E-state index is 4.87. The van der Waals surface area contributed by atoms with Gasteiger partial charge in [0.05, 0.1) is 5.69 Å². The first-order chi connectivity index (χ1) is 12.9. The third kappa shape index (κ3) is 3.88. The molecule has 0 atom stereocenters. The molecule has 3 nitrogen and oxygen atoms in total. The molecule has 1 aliphatic carbocycles. The Morgan fingerprint density at radius 3 is 2.15 bits per heavy atom. The summed E-state index contributed by atoms with van der Waals surface area (Å²) in [6.07, 6.45) is 6.88. The van der Waals surface area contributed by atoms with E-state index >= 15 is 0 Å². The van der Waals surface area contributed by atoms with Crippen LogP contribution in [0.1, 0.15) is 78.4 Å². The second-order valence-electron chi connectivity index (χ2n) is 8.96. The average Bonchev–Trinajstić information content (AvgIpc) is 3.22. The molecular formula is C24H35N3. The van der Waals surface area contributed by atoms with E-state index in [1.807, 2.05) is 26.1 Å². The van der Waals surface area contributed by atoms with Gasteiger partial charge in [-0.15, -0.1) is 0 Å². The quantitative estimate of drug-likeness (QED) is 0.642. The molecule has 0 saturated carbocycles. The summed E-state index contributed by atoms with van der Waals surface area (Å²) in [5.74, 6) is 0.882. The van der Waals surface area contributed by atoms with E-state index in [1.54, 1.807) is 0 Å². The summed E-state index contributed by atoms with van der Waals surface area (Å²) in [5, 5.41) is 0. The average molecular weight is 366 g/mol. The van der Waals surface area contributed by atoms with Gasteiger partial charge in [0.1, 0.15) is 0 Å². The number of rotatable bonds is 2. The Hall–Kier alpha value is -1.90. The van der Waals surface area contributed by atoms with E-state index < -0.39 is 0 Å². The lowest BCUT2D eigenvalue weighted by Crippen LogP contribution is -2.33. The van der Waals surface area contributed by atoms with Gasteiger partial charge in [-0.1, -0.05) is 53.7 Å². The van der Waals surface area contributed by atoms with Gasteiger partial charge < -0.3 is 4.90 Å². The highest BCUT2D eigenvalue weighted by Crippen LogP contribution is 2.46. The topological polar surface area (TPSA) is 29.0 Å². The molecule has 0 unspecified atom stereocenters. The van der Waals surface area contributed by atoms with Gasteiger partial charge >= 0.3 is 0 Å². The van der Waals surface area contributed by atoms with E-state index in [0.29, 0.717) is 0 Å². The summed E-state index contributed by atoms with van der Waals surface area (Å²) < 4.78 is 0. The molecule has 1 aliphatic heterocycles. The Morgan fingerprint density at radius 1 is 0.852 bits per heavy atom. The zero-order valence-electron chi connectivity index (χ0n) is 18.0. The Labute approximate surface area is 165 Å². The van der Waals surface area contributed by atoms with E-state index in [9.17, 15) is 0 Å². The van der Waals surface area contributed by atoms with Crippen LogP contribution in [0.2, 0.25) is 0 Å². The van der Waals surface area contributed by atoms with Crippen molar-refractivity contribution in [1.29, 1.82) is 0 Å². The van der Waals surface area contributed by atoms with Gasteiger partial charge in [0.2, 0.25) is 5.95 Å². The van der Waals surface area contributed by atoms with Crippen molar-refractivity contribution in [2.75, 3.05) is 18.0 Å². The van der Waals surface area contributed by atoms with Crippen LogP contribution < -0.4 is 4.90 Å². The fourth-order valence-corrected chi connectivity index (χ4v) is 4.33. The third-order valence-electron chi connectivity index (χ3n) is 6.18. The van der Waals surface area contributed by atoms with Crippen LogP contribution in [0, 0.1) is 0 Å². The minimum absolute atomic E-state index is 0.228. The van der Waals surface area contributed by atoms with E-state index in [0.717, 1.165) is 24.7 Å². The van der Waals surface area contributed by atoms with Crippen LogP contribution in [0.25, 0.3) is 11.3 Å². The number of aromatic nitrogens is 2. The SMILES string of the molecule is CC.CC1(C)CCC(C)(C)c2cc(-c3ccnc(N4CCCC4)n3)ccc21. The lowest BCUT2D eigenvalue weighted by Gasteiger charge is -2.42. The summed E-state index contributed by atoms with van der Waals surface area (Å²) in [6, 6.07) is 9.01. The predicted molar refractivity (Wildman–Crippen MR) is 116 cm³/mol. The Morgan fingerprint density at radius 2 is 1.48 bits per heavy atom. The van der Waals surface area contributed by atoms with Crippen LogP contribution in [0.15, 0.2) is 30.5 Å². The van der Waals surface area contributed by atoms with Crippen molar-refractivity contribution in [3.8, 4) is 11.3 Å². The molecule has 0 N–H and O–H groups in total. The molecule has 1 saturated heterocycles. The molecule has 0 amide bonds. The van der Waals surface area contributed by atoms with Crippen molar-refractivity contribution in [3.63, 3.8) is 0 Å². The molecule has 0 radical (unpaired) electrons. The van der Waals surface area contributed by atoms with Gasteiger partial charge in [-0.05, 0) is 59.8 Å². The Bertz CT molecular complexity index is 786. The minimum Gasteiger partial charge on any atom is -0.341 e. The van der Waals surface area contributed by atoms with Crippen molar-refractivity contribution in [2.24, 2.45) is 0 Å². The van der Waals surface area contributed by atoms with Crippen LogP contribution in [0.4, 0.5) is 5.95 Å². The highest BCUT2D eigenvalue weighted by Gasteiger charge is 2.37. The molecular weight excluding hydrogens is 330 g/mol. The molecule has 2 aromatic rings. The highest BCUT2D eigenvalue weighted by molar-refractivity contribution is 5.64. The maximum Gasteiger partial charge on any atom is 0.225 e. The van der Waals surface area contributed by atoms with Gasteiger partial charge in [0.25, 0.3) is 0 Å². The van der Waals surface area contributed by atoms with Crippen molar-refractivity contribution >= 4 is 5.95 Å². The summed E-state index contributed by atoms with van der Waals surface area (Å²) >= 11 is 0. The molecule has 2 heterocycles. The van der Waals surface area contributed by atoms with Gasteiger partial charge in [-0.25, -0.2) is 9.97 Å². The van der Waals surface area contributed by atoms with E-state index in [2.05, 4.69) is 55.8 Å². The van der Waals surface area contributed by atoms with Crippen LogP contribution >= 0.6 is 0 Å². The van der Waals surface area contributed by atoms with Gasteiger partial charge in [-0.2, -0.15) is 0 Å². The molecule has 0 spiro atoms. The lowest BCUT2D eigenvalue weighted by atomic mass is 9.63. The third-order valence-corrected chi connectivity index (χ3v) is 6.18. The second kappa shape index (κ2) is 7.61. The second-order valence-corrected chi connectivity index (χ2v) is 8.96. The Balaban J connectivity index is 0.00000102. The van der Waals surface area contributed by atoms with E-state index in [4.69, 9.17) is 4.98 Å². The summed E-state index contributed by atoms with van der Waals surface area (Å²) in [4.78, 5) is 11.7. The summed E-state index contributed by atoms with van der Waals surface area (Å²) in [7, 11) is 0. The van der Waals surface area contributed by atoms with Gasteiger partial charge in [-0.3, -0.25) is 0 Å². The smallest absolute Gasteiger partial charge is 0.225 e. The van der Waals surface area contributed by atoms with Gasteiger partial charge in [0.15, 0.2) is 0 Å². The zero-order valence-corrected chi connectivity index (χ0v) is 18.0. The minimum atomic E-state index is 0.228. The standard InChI is InChI=1S/C22H29N3.C2H6/c1-21(2)10-11-22(3,4)18-15-16(7-8-17(18)21)19-9-12-23-20(24-19)25-13-5-6-14-25;1-2/h7-9,12,15H,5-6,10-11,13-14H2,1-4H3;1-2H3. The first-order valence-electron chi connectivity index (χ1n) is 10.6. The van der Waals surface area contributed by atoms with E-state index in [-0.39, 0.29) is 10.8 Å². The van der Waals surface area contributed by atoms with Crippen molar-refractivity contribution in [1.82, 2.24) is 9.97 Å². The van der Waals surface area contributed by atoms with Gasteiger partial charge in [0, 0.05) is 24.8 Å². The largest absolute Gasteiger partial charge is 0.341 e. The number of hydrogen-bond donors (Lipinski definition) is 0. The lowest BCUT2D eigenvalue weighted by molar-refractivity contribution is 0.332. The first-order valence-corrected chi connectivity index (χ1v) is 10.6. The number of benzene rings is 1. The zero-order chi connectivity index (χ0) is 19.7.